The molecular weight excluding hydrogens is 774 g/mol. The van der Waals surface area contributed by atoms with Crippen LogP contribution in [0.2, 0.25) is 0 Å². The van der Waals surface area contributed by atoms with Crippen molar-refractivity contribution in [3.05, 3.63) is 137 Å². The molecule has 15 heteroatoms. The van der Waals surface area contributed by atoms with Gasteiger partial charge in [-0.15, -0.1) is 11.8 Å². The second kappa shape index (κ2) is 18.9. The number of hydrogen-bond donors (Lipinski definition) is 5. The van der Waals surface area contributed by atoms with E-state index in [2.05, 4.69) is 21.3 Å². The zero-order chi connectivity index (χ0) is 41.2. The smallest absolute Gasteiger partial charge is 0.416 e. The Bertz CT molecular complexity index is 2110. The molecule has 0 saturated heterocycles. The maximum absolute atomic E-state index is 14.3. The summed E-state index contributed by atoms with van der Waals surface area (Å²) in [6.07, 6.45) is -2.32. The molecule has 302 valence electrons. The van der Waals surface area contributed by atoms with Crippen LogP contribution in [0.15, 0.2) is 115 Å². The fourth-order valence-electron chi connectivity index (χ4n) is 6.62. The molecule has 3 heterocycles. The molecule has 4 aromatic rings. The molecule has 5 N–H and O–H groups in total. The molecule has 1 unspecified atom stereocenters. The lowest BCUT2D eigenvalue weighted by molar-refractivity contribution is -0.142. The number of aliphatic carboxylic acids is 1. The van der Waals surface area contributed by atoms with Crippen molar-refractivity contribution in [1.82, 2.24) is 21.3 Å². The third kappa shape index (κ3) is 11.5. The molecule has 4 aromatic carbocycles. The summed E-state index contributed by atoms with van der Waals surface area (Å²) in [5.41, 5.74) is 2.34. The minimum absolute atomic E-state index is 0.0390. The minimum Gasteiger partial charge on any atom is -0.484 e. The first-order chi connectivity index (χ1) is 27.8. The van der Waals surface area contributed by atoms with E-state index in [-0.39, 0.29) is 36.5 Å². The summed E-state index contributed by atoms with van der Waals surface area (Å²) in [5, 5.41) is 22.6. The van der Waals surface area contributed by atoms with Gasteiger partial charge in [0, 0.05) is 24.5 Å². The number of carbonyl (C=O) groups excluding carboxylic acids is 4. The van der Waals surface area contributed by atoms with Gasteiger partial charge in [-0.25, -0.2) is 4.79 Å². The highest BCUT2D eigenvalue weighted by Crippen LogP contribution is 2.30. The number of benzene rings is 4. The number of amides is 4. The standard InChI is InChI=1S/C43H41F3N4O7S/c44-43(45,46)31-16-10-27(11-17-31)22-35-40(53)50-37(42(55)56)23-28-12-18-32(19-13-28)57-25-38(51)47-36(24-33-7-4-20-58-33)41(54)49-34(39(52)48-35)21-26-8-14-30(15-9-26)29-5-2-1-3-6-29/h1-6,8-20,33-37H,7,21-25H2,(H,47,51)(H,48,52)(H,49,54)(H,50,53)(H,55,56)/t33?,34-,35+,36+,37-/m0/s1. The molecule has 0 aromatic heterocycles. The van der Waals surface area contributed by atoms with Gasteiger partial charge in [0.15, 0.2) is 6.61 Å². The number of fused-ring (bicyclic) bond motifs is 16. The normalized spacial score (nSPS) is 22.0. The predicted octanol–water partition coefficient (Wildman–Crippen LogP) is 5.23. The quantitative estimate of drug-likeness (QED) is 0.151. The number of ether oxygens (including phenoxy) is 1. The summed E-state index contributed by atoms with van der Waals surface area (Å²) in [6.45, 7) is -0.434. The van der Waals surface area contributed by atoms with Crippen LogP contribution in [0.5, 0.6) is 5.75 Å². The third-order valence-electron chi connectivity index (χ3n) is 9.75. The van der Waals surface area contributed by atoms with Crippen LogP contribution in [0.4, 0.5) is 13.2 Å². The van der Waals surface area contributed by atoms with Gasteiger partial charge in [-0.05, 0) is 70.3 Å². The van der Waals surface area contributed by atoms with Gasteiger partial charge in [-0.1, -0.05) is 84.9 Å². The van der Waals surface area contributed by atoms with Crippen LogP contribution in [0, 0.1) is 0 Å². The van der Waals surface area contributed by atoms with E-state index in [0.29, 0.717) is 23.3 Å². The van der Waals surface area contributed by atoms with E-state index < -0.39 is 72.1 Å². The second-order valence-corrected chi connectivity index (χ2v) is 15.3. The highest BCUT2D eigenvalue weighted by Gasteiger charge is 2.34. The Morgan fingerprint density at radius 2 is 1.28 bits per heavy atom. The molecule has 0 spiro atoms. The second-order valence-electron chi connectivity index (χ2n) is 14.0. The van der Waals surface area contributed by atoms with Gasteiger partial charge >= 0.3 is 12.1 Å². The Balaban J connectivity index is 1.34. The number of thioether (sulfide) groups is 1. The number of carboxylic acid groups (broad SMARTS) is 1. The lowest BCUT2D eigenvalue weighted by Gasteiger charge is -2.27. The SMILES string of the molecule is O=C1COc2ccc(cc2)C[C@@H](C(=O)O)NC(=O)[C@@H](Cc2ccc(C(F)(F)F)cc2)NC(=O)[C@H](Cc2ccc(-c3ccccc3)cc2)NC(=O)[C@@H](CC2CC=CS2)N1. The van der Waals surface area contributed by atoms with Crippen molar-refractivity contribution < 1.29 is 47.0 Å². The zero-order valence-electron chi connectivity index (χ0n) is 31.0. The van der Waals surface area contributed by atoms with Gasteiger partial charge in [0.2, 0.25) is 17.7 Å². The lowest BCUT2D eigenvalue weighted by atomic mass is 9.98. The van der Waals surface area contributed by atoms with E-state index in [0.717, 1.165) is 23.3 Å². The molecule has 5 atom stereocenters. The Labute approximate surface area is 336 Å². The Kier molecular flexibility index (Phi) is 13.5. The summed E-state index contributed by atoms with van der Waals surface area (Å²) in [6, 6.07) is 21.8. The summed E-state index contributed by atoms with van der Waals surface area (Å²) in [7, 11) is 0. The molecule has 0 radical (unpaired) electrons. The molecule has 7 rings (SSSR count). The summed E-state index contributed by atoms with van der Waals surface area (Å²) >= 11 is 1.51. The van der Waals surface area contributed by atoms with Crippen molar-refractivity contribution in [2.75, 3.05) is 6.61 Å². The Hall–Kier alpha value is -6.09. The number of alkyl halides is 3. The summed E-state index contributed by atoms with van der Waals surface area (Å²) in [4.78, 5) is 68.0. The van der Waals surface area contributed by atoms with Gasteiger partial charge in [0.1, 0.15) is 29.9 Å². The molecule has 0 aliphatic carbocycles. The summed E-state index contributed by atoms with van der Waals surface area (Å²) < 4.78 is 45.8. The fourth-order valence-corrected chi connectivity index (χ4v) is 7.59. The van der Waals surface area contributed by atoms with Crippen LogP contribution >= 0.6 is 11.8 Å². The molecular formula is C43H41F3N4O7S. The zero-order valence-corrected chi connectivity index (χ0v) is 31.9. The number of allylic oxidation sites excluding steroid dienone is 1. The minimum atomic E-state index is -4.61. The molecule has 58 heavy (non-hydrogen) atoms. The number of nitrogens with one attached hydrogen (secondary N) is 4. The fraction of sp³-hybridized carbons (Fsp3) is 0.279. The molecule has 4 amide bonds. The van der Waals surface area contributed by atoms with Gasteiger partial charge < -0.3 is 31.1 Å². The lowest BCUT2D eigenvalue weighted by Crippen LogP contribution is -2.59. The van der Waals surface area contributed by atoms with Crippen molar-refractivity contribution in [2.45, 2.75) is 67.7 Å². The molecule has 3 aliphatic heterocycles. The van der Waals surface area contributed by atoms with Gasteiger partial charge in [0.05, 0.1) is 5.56 Å². The van der Waals surface area contributed by atoms with Crippen molar-refractivity contribution in [3.8, 4) is 16.9 Å². The number of hydrogen-bond acceptors (Lipinski definition) is 7. The number of carbonyl (C=O) groups is 5. The first kappa shape index (κ1) is 41.5. The molecule has 2 bridgehead atoms. The van der Waals surface area contributed by atoms with E-state index in [4.69, 9.17) is 4.74 Å². The van der Waals surface area contributed by atoms with E-state index in [9.17, 15) is 42.3 Å². The molecule has 0 saturated carbocycles. The van der Waals surface area contributed by atoms with Gasteiger partial charge in [-0.2, -0.15) is 13.2 Å². The van der Waals surface area contributed by atoms with E-state index in [1.807, 2.05) is 53.9 Å². The van der Waals surface area contributed by atoms with Crippen molar-refractivity contribution in [3.63, 3.8) is 0 Å². The van der Waals surface area contributed by atoms with Crippen LogP contribution in [-0.4, -0.2) is 70.7 Å². The average Bonchev–Trinajstić information content (AvgIpc) is 3.73. The van der Waals surface area contributed by atoms with Crippen LogP contribution in [0.1, 0.15) is 35.1 Å². The van der Waals surface area contributed by atoms with Crippen LogP contribution < -0.4 is 26.0 Å². The van der Waals surface area contributed by atoms with Crippen LogP contribution in [0.25, 0.3) is 11.1 Å². The van der Waals surface area contributed by atoms with Crippen molar-refractivity contribution >= 4 is 41.4 Å². The van der Waals surface area contributed by atoms with Crippen molar-refractivity contribution in [2.24, 2.45) is 0 Å². The number of rotatable bonds is 8. The largest absolute Gasteiger partial charge is 0.484 e. The van der Waals surface area contributed by atoms with Gasteiger partial charge in [-0.3, -0.25) is 19.2 Å². The monoisotopic (exact) mass is 814 g/mol. The third-order valence-corrected chi connectivity index (χ3v) is 10.9. The molecule has 0 fully saturated rings. The van der Waals surface area contributed by atoms with E-state index in [1.165, 1.54) is 36.0 Å². The Morgan fingerprint density at radius 3 is 1.84 bits per heavy atom. The Morgan fingerprint density at radius 1 is 0.707 bits per heavy atom. The highest BCUT2D eigenvalue weighted by molar-refractivity contribution is 8.03. The van der Waals surface area contributed by atoms with Crippen LogP contribution in [0.3, 0.4) is 0 Å². The van der Waals surface area contributed by atoms with Crippen molar-refractivity contribution in [1.29, 1.82) is 0 Å². The van der Waals surface area contributed by atoms with Crippen LogP contribution in [-0.2, 0) is 49.4 Å². The summed E-state index contributed by atoms with van der Waals surface area (Å²) in [5.74, 6) is -4.06. The maximum Gasteiger partial charge on any atom is 0.416 e. The first-order valence-electron chi connectivity index (χ1n) is 18.6. The maximum atomic E-state index is 14.3. The van der Waals surface area contributed by atoms with E-state index in [1.54, 1.807) is 24.3 Å². The van der Waals surface area contributed by atoms with E-state index >= 15 is 0 Å². The predicted molar refractivity (Wildman–Crippen MR) is 211 cm³/mol. The molecule has 3 aliphatic rings. The highest BCUT2D eigenvalue weighted by atomic mass is 32.2. The topological polar surface area (TPSA) is 163 Å². The molecule has 11 nitrogen and oxygen atoms in total. The average molecular weight is 815 g/mol. The van der Waals surface area contributed by atoms with Gasteiger partial charge in [0.25, 0.3) is 5.91 Å². The first-order valence-corrected chi connectivity index (χ1v) is 19.5. The number of halogens is 3. The number of carboxylic acids is 1.